The van der Waals surface area contributed by atoms with Gasteiger partial charge in [-0.15, -0.1) is 0 Å². The summed E-state index contributed by atoms with van der Waals surface area (Å²) in [5, 5.41) is 9.42. The molecule has 2 aromatic carbocycles. The van der Waals surface area contributed by atoms with Crippen molar-refractivity contribution in [3.05, 3.63) is 66.5 Å². The lowest BCUT2D eigenvalue weighted by atomic mass is 10.0. The molecule has 0 aliphatic carbocycles. The van der Waals surface area contributed by atoms with Gasteiger partial charge in [-0.3, -0.25) is 0 Å². The second-order valence-electron chi connectivity index (χ2n) is 7.76. The number of phenols is 1. The normalized spacial score (nSPS) is 10.9. The van der Waals surface area contributed by atoms with Gasteiger partial charge in [0.15, 0.2) is 5.82 Å². The summed E-state index contributed by atoms with van der Waals surface area (Å²) in [5.74, 6) is 1.05. The number of phenolic OH excluding ortho intramolecular Hbond substituents is 1. The lowest BCUT2D eigenvalue weighted by Gasteiger charge is -2.06. The van der Waals surface area contributed by atoms with E-state index in [1.54, 1.807) is 12.1 Å². The molecule has 0 fully saturated rings. The molecule has 0 amide bonds. The van der Waals surface area contributed by atoms with Gasteiger partial charge in [0, 0.05) is 18.0 Å². The molecular formula is C26H32N2O. The third-order valence-corrected chi connectivity index (χ3v) is 5.37. The molecule has 0 aliphatic heterocycles. The number of nitrogens with zero attached hydrogens (tertiary/aromatic N) is 2. The molecule has 0 saturated carbocycles. The van der Waals surface area contributed by atoms with Crippen molar-refractivity contribution in [3.63, 3.8) is 0 Å². The van der Waals surface area contributed by atoms with Gasteiger partial charge < -0.3 is 5.11 Å². The molecule has 0 aliphatic rings. The summed E-state index contributed by atoms with van der Waals surface area (Å²) in [4.78, 5) is 9.14. The topological polar surface area (TPSA) is 46.0 Å². The van der Waals surface area contributed by atoms with Crippen molar-refractivity contribution in [1.29, 1.82) is 0 Å². The number of aromatic nitrogens is 2. The minimum atomic E-state index is 0.283. The van der Waals surface area contributed by atoms with E-state index < -0.39 is 0 Å². The van der Waals surface area contributed by atoms with Crippen LogP contribution in [0.25, 0.3) is 22.5 Å². The predicted molar refractivity (Wildman–Crippen MR) is 121 cm³/mol. The molecule has 3 heteroatoms. The van der Waals surface area contributed by atoms with Gasteiger partial charge in [-0.25, -0.2) is 9.97 Å². The fraction of sp³-hybridized carbons (Fsp3) is 0.385. The molecular weight excluding hydrogens is 356 g/mol. The molecule has 0 saturated heterocycles. The van der Waals surface area contributed by atoms with Gasteiger partial charge in [-0.05, 0) is 41.7 Å². The minimum Gasteiger partial charge on any atom is -0.508 e. The average molecular weight is 389 g/mol. The SMILES string of the molecule is CCCCCCCCCCc1cnc(-c2ccc(-c3ccc(O)cc3)cc2)nc1. The molecule has 29 heavy (non-hydrogen) atoms. The van der Waals surface area contributed by atoms with E-state index in [0.29, 0.717) is 0 Å². The Morgan fingerprint density at radius 1 is 0.621 bits per heavy atom. The monoisotopic (exact) mass is 388 g/mol. The highest BCUT2D eigenvalue weighted by atomic mass is 16.3. The predicted octanol–water partition coefficient (Wildman–Crippen LogP) is 7.20. The number of unbranched alkanes of at least 4 members (excludes halogenated alkanes) is 7. The molecule has 3 aromatic rings. The maximum Gasteiger partial charge on any atom is 0.159 e. The van der Waals surface area contributed by atoms with Crippen LogP contribution in [0.3, 0.4) is 0 Å². The molecule has 1 heterocycles. The molecule has 0 spiro atoms. The highest BCUT2D eigenvalue weighted by molar-refractivity contribution is 5.68. The number of hydrogen-bond donors (Lipinski definition) is 1. The number of aryl methyl sites for hydroxylation is 1. The Labute approximate surface area is 174 Å². The zero-order valence-electron chi connectivity index (χ0n) is 17.5. The van der Waals surface area contributed by atoms with Crippen LogP contribution in [-0.2, 0) is 6.42 Å². The van der Waals surface area contributed by atoms with Gasteiger partial charge in [-0.1, -0.05) is 88.3 Å². The third kappa shape index (κ3) is 6.70. The summed E-state index contributed by atoms with van der Waals surface area (Å²) < 4.78 is 0. The Kier molecular flexibility index (Phi) is 8.24. The van der Waals surface area contributed by atoms with Crippen molar-refractivity contribution in [2.45, 2.75) is 64.7 Å². The van der Waals surface area contributed by atoms with Crippen LogP contribution < -0.4 is 0 Å². The molecule has 152 valence electrons. The van der Waals surface area contributed by atoms with Crippen LogP contribution in [0.5, 0.6) is 5.75 Å². The second kappa shape index (κ2) is 11.4. The lowest BCUT2D eigenvalue weighted by Crippen LogP contribution is -1.93. The number of rotatable bonds is 11. The molecule has 1 N–H and O–H groups in total. The van der Waals surface area contributed by atoms with Crippen molar-refractivity contribution in [2.24, 2.45) is 0 Å². The van der Waals surface area contributed by atoms with Crippen molar-refractivity contribution in [1.82, 2.24) is 9.97 Å². The van der Waals surface area contributed by atoms with Crippen molar-refractivity contribution >= 4 is 0 Å². The first-order chi connectivity index (χ1) is 14.3. The Hall–Kier alpha value is -2.68. The second-order valence-corrected chi connectivity index (χ2v) is 7.76. The average Bonchev–Trinajstić information content (AvgIpc) is 2.77. The van der Waals surface area contributed by atoms with Crippen LogP contribution in [-0.4, -0.2) is 15.1 Å². The summed E-state index contributed by atoms with van der Waals surface area (Å²) in [5.41, 5.74) is 4.43. The van der Waals surface area contributed by atoms with E-state index in [0.717, 1.165) is 28.9 Å². The standard InChI is InChI=1S/C26H32N2O/c1-2-3-4-5-6-7-8-9-10-21-19-27-26(28-20-21)24-13-11-22(12-14-24)23-15-17-25(29)18-16-23/h11-20,29H,2-10H2,1H3. The smallest absolute Gasteiger partial charge is 0.159 e. The van der Waals surface area contributed by atoms with E-state index >= 15 is 0 Å². The Bertz CT molecular complexity index is 839. The highest BCUT2D eigenvalue weighted by Crippen LogP contribution is 2.24. The molecule has 3 nitrogen and oxygen atoms in total. The number of benzene rings is 2. The van der Waals surface area contributed by atoms with Gasteiger partial charge in [0.1, 0.15) is 5.75 Å². The van der Waals surface area contributed by atoms with E-state index in [4.69, 9.17) is 0 Å². The summed E-state index contributed by atoms with van der Waals surface area (Å²) in [6, 6.07) is 15.5. The first kappa shape index (κ1) is 21.0. The maximum atomic E-state index is 9.42. The van der Waals surface area contributed by atoms with E-state index in [1.165, 1.54) is 56.9 Å². The van der Waals surface area contributed by atoms with Gasteiger partial charge in [0.2, 0.25) is 0 Å². The quantitative estimate of drug-likeness (QED) is 0.353. The van der Waals surface area contributed by atoms with Crippen LogP contribution in [0.4, 0.5) is 0 Å². The van der Waals surface area contributed by atoms with E-state index in [9.17, 15) is 5.11 Å². The van der Waals surface area contributed by atoms with Gasteiger partial charge >= 0.3 is 0 Å². The Morgan fingerprint density at radius 3 is 1.69 bits per heavy atom. The zero-order valence-corrected chi connectivity index (χ0v) is 17.5. The van der Waals surface area contributed by atoms with Crippen LogP contribution in [0.15, 0.2) is 60.9 Å². The van der Waals surface area contributed by atoms with Crippen LogP contribution >= 0.6 is 0 Å². The van der Waals surface area contributed by atoms with Crippen LogP contribution in [0.2, 0.25) is 0 Å². The van der Waals surface area contributed by atoms with Crippen molar-refractivity contribution in [3.8, 4) is 28.3 Å². The maximum absolute atomic E-state index is 9.42. The third-order valence-electron chi connectivity index (χ3n) is 5.37. The molecule has 3 rings (SSSR count). The summed E-state index contributed by atoms with van der Waals surface area (Å²) in [6.07, 6.45) is 15.7. The van der Waals surface area contributed by atoms with Crippen LogP contribution in [0.1, 0.15) is 63.9 Å². The van der Waals surface area contributed by atoms with Crippen molar-refractivity contribution in [2.75, 3.05) is 0 Å². The summed E-state index contributed by atoms with van der Waals surface area (Å²) in [6.45, 7) is 2.26. The first-order valence-electron chi connectivity index (χ1n) is 11.0. The number of aromatic hydroxyl groups is 1. The van der Waals surface area contributed by atoms with Gasteiger partial charge in [0.25, 0.3) is 0 Å². The highest BCUT2D eigenvalue weighted by Gasteiger charge is 2.04. The molecule has 0 bridgehead atoms. The van der Waals surface area contributed by atoms with E-state index in [-0.39, 0.29) is 5.75 Å². The molecule has 0 radical (unpaired) electrons. The molecule has 1 aromatic heterocycles. The Morgan fingerprint density at radius 2 is 1.10 bits per heavy atom. The fourth-order valence-corrected chi connectivity index (χ4v) is 3.56. The summed E-state index contributed by atoms with van der Waals surface area (Å²) in [7, 11) is 0. The van der Waals surface area contributed by atoms with E-state index in [1.807, 2.05) is 24.5 Å². The number of hydrogen-bond acceptors (Lipinski definition) is 3. The van der Waals surface area contributed by atoms with E-state index in [2.05, 4.69) is 41.2 Å². The lowest BCUT2D eigenvalue weighted by molar-refractivity contribution is 0.475. The molecule has 0 unspecified atom stereocenters. The van der Waals surface area contributed by atoms with Crippen molar-refractivity contribution < 1.29 is 5.11 Å². The zero-order chi connectivity index (χ0) is 20.3. The molecule has 0 atom stereocenters. The minimum absolute atomic E-state index is 0.283. The fourth-order valence-electron chi connectivity index (χ4n) is 3.56. The Balaban J connectivity index is 1.46. The van der Waals surface area contributed by atoms with Crippen LogP contribution in [0, 0.1) is 0 Å². The van der Waals surface area contributed by atoms with Gasteiger partial charge in [-0.2, -0.15) is 0 Å². The first-order valence-corrected chi connectivity index (χ1v) is 11.0. The summed E-state index contributed by atoms with van der Waals surface area (Å²) >= 11 is 0. The van der Waals surface area contributed by atoms with Gasteiger partial charge in [0.05, 0.1) is 0 Å². The largest absolute Gasteiger partial charge is 0.508 e.